The largest absolute Gasteiger partial charge is 0.295 e. The van der Waals surface area contributed by atoms with Crippen molar-refractivity contribution in [1.29, 1.82) is 0 Å². The Balaban J connectivity index is 2.57. The van der Waals surface area contributed by atoms with Gasteiger partial charge in [-0.2, -0.15) is 0 Å². The summed E-state index contributed by atoms with van der Waals surface area (Å²) in [6.07, 6.45) is 2.05. The first-order valence-electron chi connectivity index (χ1n) is 4.47. The minimum atomic E-state index is -0.643. The second-order valence-corrected chi connectivity index (χ2v) is 4.21. The Kier molecular flexibility index (Phi) is 2.69. The van der Waals surface area contributed by atoms with Gasteiger partial charge in [-0.15, -0.1) is 0 Å². The number of ketones is 1. The number of carbonyl (C=O) groups is 1. The highest BCUT2D eigenvalue weighted by Gasteiger charge is 2.21. The zero-order valence-corrected chi connectivity index (χ0v) is 9.27. The molecule has 0 unspecified atom stereocenters. The highest BCUT2D eigenvalue weighted by atomic mass is 79.9. The normalized spacial score (nSPS) is 15.7. The van der Waals surface area contributed by atoms with Gasteiger partial charge in [-0.3, -0.25) is 4.79 Å². The maximum absolute atomic E-state index is 13.6. The van der Waals surface area contributed by atoms with Crippen LogP contribution in [0.25, 0.3) is 5.57 Å². The first-order chi connectivity index (χ1) is 7.09. The van der Waals surface area contributed by atoms with E-state index in [1.54, 1.807) is 0 Å². The Morgan fingerprint density at radius 3 is 2.53 bits per heavy atom. The van der Waals surface area contributed by atoms with Gasteiger partial charge in [0, 0.05) is 6.42 Å². The summed E-state index contributed by atoms with van der Waals surface area (Å²) >= 11 is 2.99. The van der Waals surface area contributed by atoms with E-state index in [9.17, 15) is 13.6 Å². The molecule has 0 atom stereocenters. The summed E-state index contributed by atoms with van der Waals surface area (Å²) in [5.41, 5.74) is 0.353. The van der Waals surface area contributed by atoms with Crippen LogP contribution < -0.4 is 0 Å². The summed E-state index contributed by atoms with van der Waals surface area (Å²) in [5, 5.41) is 0. The maximum Gasteiger partial charge on any atom is 0.156 e. The van der Waals surface area contributed by atoms with E-state index in [1.807, 2.05) is 0 Å². The first kappa shape index (κ1) is 10.5. The van der Waals surface area contributed by atoms with Gasteiger partial charge < -0.3 is 0 Å². The third kappa shape index (κ3) is 1.86. The highest BCUT2D eigenvalue weighted by Crippen LogP contribution is 2.32. The molecule has 0 spiro atoms. The van der Waals surface area contributed by atoms with Crippen molar-refractivity contribution in [1.82, 2.24) is 0 Å². The van der Waals surface area contributed by atoms with Crippen molar-refractivity contribution in [2.75, 3.05) is 0 Å². The van der Waals surface area contributed by atoms with Gasteiger partial charge in [-0.25, -0.2) is 8.78 Å². The van der Waals surface area contributed by atoms with Crippen LogP contribution >= 0.6 is 15.9 Å². The zero-order chi connectivity index (χ0) is 11.0. The van der Waals surface area contributed by atoms with Gasteiger partial charge in [0.2, 0.25) is 0 Å². The van der Waals surface area contributed by atoms with Crippen LogP contribution in [0.15, 0.2) is 22.7 Å². The maximum atomic E-state index is 13.6. The van der Waals surface area contributed by atoms with E-state index in [-0.39, 0.29) is 15.8 Å². The smallest absolute Gasteiger partial charge is 0.156 e. The molecule has 4 heteroatoms. The fourth-order valence-corrected chi connectivity index (χ4v) is 1.95. The fourth-order valence-electron chi connectivity index (χ4n) is 1.62. The van der Waals surface area contributed by atoms with E-state index in [0.29, 0.717) is 18.4 Å². The molecule has 78 valence electrons. The van der Waals surface area contributed by atoms with Crippen LogP contribution in [0.2, 0.25) is 0 Å². The van der Waals surface area contributed by atoms with Gasteiger partial charge in [0.1, 0.15) is 11.6 Å². The zero-order valence-electron chi connectivity index (χ0n) is 7.69. The van der Waals surface area contributed by atoms with Gasteiger partial charge in [0.25, 0.3) is 0 Å². The number of halogens is 3. The van der Waals surface area contributed by atoms with E-state index in [1.165, 1.54) is 18.2 Å². The number of hydrogen-bond donors (Lipinski definition) is 0. The first-order valence-corrected chi connectivity index (χ1v) is 5.26. The number of rotatable bonds is 1. The Bertz CT molecular complexity index is 466. The topological polar surface area (TPSA) is 17.1 Å². The van der Waals surface area contributed by atoms with Crippen LogP contribution in [0.5, 0.6) is 0 Å². The fraction of sp³-hybridized carbons (Fsp3) is 0.182. The molecular formula is C11H7BrF2O. The molecule has 0 bridgehead atoms. The van der Waals surface area contributed by atoms with Crippen LogP contribution in [0.3, 0.4) is 0 Å². The van der Waals surface area contributed by atoms with Crippen molar-refractivity contribution >= 4 is 27.3 Å². The average Bonchev–Trinajstić information content (AvgIpc) is 2.59. The summed E-state index contributed by atoms with van der Waals surface area (Å²) in [4.78, 5) is 11.0. The number of carbonyl (C=O) groups excluding carboxylic acids is 1. The van der Waals surface area contributed by atoms with Crippen molar-refractivity contribution in [3.63, 3.8) is 0 Å². The van der Waals surface area contributed by atoms with Crippen molar-refractivity contribution in [3.8, 4) is 0 Å². The second-order valence-electron chi connectivity index (χ2n) is 3.35. The SMILES string of the molecule is O=C1C=C(c2c(F)ccc(Br)c2F)CC1. The number of hydrogen-bond acceptors (Lipinski definition) is 1. The summed E-state index contributed by atoms with van der Waals surface area (Å²) in [6, 6.07) is 2.50. The Labute approximate surface area is 93.9 Å². The number of benzene rings is 1. The van der Waals surface area contributed by atoms with E-state index in [2.05, 4.69) is 15.9 Å². The lowest BCUT2D eigenvalue weighted by molar-refractivity contribution is -0.114. The molecule has 2 rings (SSSR count). The molecule has 0 radical (unpaired) electrons. The van der Waals surface area contributed by atoms with Gasteiger partial charge >= 0.3 is 0 Å². The summed E-state index contributed by atoms with van der Waals surface area (Å²) in [5.74, 6) is -1.35. The molecule has 1 nitrogen and oxygen atoms in total. The van der Waals surface area contributed by atoms with E-state index < -0.39 is 11.6 Å². The Hall–Kier alpha value is -1.03. The molecule has 0 fully saturated rings. The van der Waals surface area contributed by atoms with E-state index in [4.69, 9.17) is 0 Å². The average molecular weight is 273 g/mol. The molecule has 0 aromatic heterocycles. The monoisotopic (exact) mass is 272 g/mol. The van der Waals surface area contributed by atoms with Crippen LogP contribution in [-0.4, -0.2) is 5.78 Å². The Morgan fingerprint density at radius 2 is 1.93 bits per heavy atom. The molecule has 0 saturated heterocycles. The quantitative estimate of drug-likeness (QED) is 0.716. The molecule has 1 aromatic carbocycles. The molecular weight excluding hydrogens is 266 g/mol. The van der Waals surface area contributed by atoms with Crippen molar-refractivity contribution < 1.29 is 13.6 Å². The van der Waals surface area contributed by atoms with Crippen molar-refractivity contribution in [2.45, 2.75) is 12.8 Å². The third-order valence-corrected chi connectivity index (χ3v) is 2.95. The summed E-state index contributed by atoms with van der Waals surface area (Å²) in [6.45, 7) is 0. The van der Waals surface area contributed by atoms with E-state index in [0.717, 1.165) is 0 Å². The van der Waals surface area contributed by atoms with Crippen LogP contribution in [0.4, 0.5) is 8.78 Å². The van der Waals surface area contributed by atoms with Crippen molar-refractivity contribution in [3.05, 3.63) is 39.9 Å². The van der Waals surface area contributed by atoms with Gasteiger partial charge in [-0.05, 0) is 46.1 Å². The molecule has 1 aliphatic rings. The lowest BCUT2D eigenvalue weighted by atomic mass is 10.0. The predicted octanol–water partition coefficient (Wildman–Crippen LogP) is 3.47. The van der Waals surface area contributed by atoms with Crippen molar-refractivity contribution in [2.24, 2.45) is 0 Å². The lowest BCUT2D eigenvalue weighted by Gasteiger charge is -2.06. The predicted molar refractivity (Wildman–Crippen MR) is 56.3 cm³/mol. The van der Waals surface area contributed by atoms with Crippen LogP contribution in [0, 0.1) is 11.6 Å². The molecule has 0 saturated carbocycles. The molecule has 1 aliphatic carbocycles. The second kappa shape index (κ2) is 3.85. The van der Waals surface area contributed by atoms with Gasteiger partial charge in [-0.1, -0.05) is 0 Å². The van der Waals surface area contributed by atoms with Crippen LogP contribution in [0.1, 0.15) is 18.4 Å². The molecule has 1 aromatic rings. The summed E-state index contributed by atoms with van der Waals surface area (Å²) in [7, 11) is 0. The highest BCUT2D eigenvalue weighted by molar-refractivity contribution is 9.10. The molecule has 0 aliphatic heterocycles. The molecule has 0 amide bonds. The lowest BCUT2D eigenvalue weighted by Crippen LogP contribution is -1.94. The minimum Gasteiger partial charge on any atom is -0.295 e. The van der Waals surface area contributed by atoms with Gasteiger partial charge in [0.05, 0.1) is 10.0 Å². The van der Waals surface area contributed by atoms with E-state index >= 15 is 0 Å². The van der Waals surface area contributed by atoms with Gasteiger partial charge in [0.15, 0.2) is 5.78 Å². The third-order valence-electron chi connectivity index (χ3n) is 2.34. The number of allylic oxidation sites excluding steroid dienone is 2. The molecule has 0 N–H and O–H groups in total. The Morgan fingerprint density at radius 1 is 1.20 bits per heavy atom. The molecule has 15 heavy (non-hydrogen) atoms. The summed E-state index contributed by atoms with van der Waals surface area (Å²) < 4.78 is 27.2. The molecule has 0 heterocycles. The minimum absolute atomic E-state index is 0.0798. The van der Waals surface area contributed by atoms with Crippen LogP contribution in [-0.2, 0) is 4.79 Å². The standard InChI is InChI=1S/C11H7BrF2O/c12-8-3-4-9(13)10(11(8)14)6-1-2-7(15)5-6/h3-5H,1-2H2.